The lowest BCUT2D eigenvalue weighted by atomic mass is 10.0. The highest BCUT2D eigenvalue weighted by molar-refractivity contribution is 8.15. The van der Waals surface area contributed by atoms with E-state index >= 15 is 0 Å². The minimum absolute atomic E-state index is 0.00447. The van der Waals surface area contributed by atoms with E-state index in [1.807, 2.05) is 0 Å². The summed E-state index contributed by atoms with van der Waals surface area (Å²) in [7, 11) is -2.28. The zero-order valence-electron chi connectivity index (χ0n) is 12.2. The van der Waals surface area contributed by atoms with Crippen LogP contribution in [0.25, 0.3) is 0 Å². The Balaban J connectivity index is 2.70. The smallest absolute Gasteiger partial charge is 0.270 e. The van der Waals surface area contributed by atoms with Crippen molar-refractivity contribution in [3.05, 3.63) is 11.6 Å². The van der Waals surface area contributed by atoms with E-state index < -0.39 is 30.2 Å². The Kier molecular flexibility index (Phi) is 4.65. The van der Waals surface area contributed by atoms with Gasteiger partial charge in [0.1, 0.15) is 8.42 Å². The minimum Gasteiger partial charge on any atom is -0.336 e. The molecular formula is C12H16ClNO5S3. The van der Waals surface area contributed by atoms with E-state index in [1.165, 1.54) is 13.0 Å². The first-order valence-electron chi connectivity index (χ1n) is 6.59. The Morgan fingerprint density at radius 1 is 1.50 bits per heavy atom. The van der Waals surface area contributed by atoms with Crippen molar-refractivity contribution in [1.82, 2.24) is 4.90 Å². The molecule has 2 rings (SSSR count). The summed E-state index contributed by atoms with van der Waals surface area (Å²) in [6.45, 7) is 5.17. The average Bonchev–Trinajstić information content (AvgIpc) is 2.82. The molecule has 1 aliphatic heterocycles. The number of sulfone groups is 1. The van der Waals surface area contributed by atoms with Crippen molar-refractivity contribution in [2.75, 3.05) is 6.54 Å². The summed E-state index contributed by atoms with van der Waals surface area (Å²) in [5, 5.41) is -0.692. The summed E-state index contributed by atoms with van der Waals surface area (Å²) < 4.78 is 47.7. The van der Waals surface area contributed by atoms with Gasteiger partial charge in [-0.2, -0.15) is 0 Å². The van der Waals surface area contributed by atoms with Crippen molar-refractivity contribution in [2.45, 2.75) is 46.9 Å². The summed E-state index contributed by atoms with van der Waals surface area (Å²) in [6, 6.07) is 0.821. The van der Waals surface area contributed by atoms with Crippen LogP contribution < -0.4 is 0 Å². The van der Waals surface area contributed by atoms with Crippen molar-refractivity contribution in [2.24, 2.45) is 0 Å². The maximum atomic E-state index is 12.4. The molecule has 0 unspecified atom stereocenters. The lowest BCUT2D eigenvalue weighted by Gasteiger charge is -2.35. The number of hydrogen-bond acceptors (Lipinski definition) is 6. The maximum absolute atomic E-state index is 12.4. The molecule has 10 heteroatoms. The first kappa shape index (κ1) is 17.7. The lowest BCUT2D eigenvalue weighted by molar-refractivity contribution is -0.131. The molecule has 0 spiro atoms. The normalized spacial score (nSPS) is 23.8. The van der Waals surface area contributed by atoms with E-state index in [2.05, 4.69) is 0 Å². The highest BCUT2D eigenvalue weighted by atomic mass is 35.7. The Morgan fingerprint density at radius 2 is 2.09 bits per heavy atom. The van der Waals surface area contributed by atoms with Crippen LogP contribution in [-0.2, 0) is 23.7 Å². The molecule has 0 saturated heterocycles. The van der Waals surface area contributed by atoms with Gasteiger partial charge in [-0.25, -0.2) is 16.8 Å². The number of carbonyl (C=O) groups excluding carboxylic acids is 1. The minimum atomic E-state index is -4.02. The van der Waals surface area contributed by atoms with Gasteiger partial charge in [0.15, 0.2) is 9.84 Å². The van der Waals surface area contributed by atoms with Crippen LogP contribution in [0.4, 0.5) is 0 Å². The van der Waals surface area contributed by atoms with Gasteiger partial charge >= 0.3 is 0 Å². The number of thiophene rings is 1. The number of rotatable bonds is 3. The van der Waals surface area contributed by atoms with E-state index in [4.69, 9.17) is 10.7 Å². The average molecular weight is 386 g/mol. The second-order valence-corrected chi connectivity index (χ2v) is 11.6. The van der Waals surface area contributed by atoms with Crippen LogP contribution in [-0.4, -0.2) is 39.4 Å². The van der Waals surface area contributed by atoms with Gasteiger partial charge in [-0.05, 0) is 26.3 Å². The molecule has 6 nitrogen and oxygen atoms in total. The SMILES string of the molecule is CCN(C(C)=O)[C@H]1C[C@H](C)S(=O)(=O)c2sc(S(=O)(=O)Cl)cc21. The molecule has 1 aliphatic rings. The Morgan fingerprint density at radius 3 is 2.55 bits per heavy atom. The fraction of sp³-hybridized carbons (Fsp3) is 0.583. The van der Waals surface area contributed by atoms with Gasteiger partial charge in [0.2, 0.25) is 5.91 Å². The summed E-state index contributed by atoms with van der Waals surface area (Å²) in [4.78, 5) is 13.3. The topological polar surface area (TPSA) is 88.6 Å². The molecule has 0 fully saturated rings. The largest absolute Gasteiger partial charge is 0.336 e. The molecule has 124 valence electrons. The van der Waals surface area contributed by atoms with Gasteiger partial charge < -0.3 is 4.90 Å². The molecule has 2 heterocycles. The van der Waals surface area contributed by atoms with E-state index in [9.17, 15) is 21.6 Å². The number of amides is 1. The standard InChI is InChI=1S/C12H16ClNO5S3/c1-4-14(8(3)15)10-5-7(2)21(16,17)12-9(10)6-11(20-12)22(13,18)19/h6-7,10H,4-5H2,1-3H3/t7-,10-/m0/s1. The fourth-order valence-corrected chi connectivity index (χ4v) is 7.37. The molecule has 1 aromatic rings. The van der Waals surface area contributed by atoms with E-state index in [1.54, 1.807) is 18.7 Å². The monoisotopic (exact) mass is 385 g/mol. The third kappa shape index (κ3) is 2.91. The summed E-state index contributed by atoms with van der Waals surface area (Å²) in [5.41, 5.74) is 0.347. The third-order valence-corrected chi connectivity index (χ3v) is 9.74. The van der Waals surface area contributed by atoms with Crippen molar-refractivity contribution in [3.8, 4) is 0 Å². The summed E-state index contributed by atoms with van der Waals surface area (Å²) >= 11 is 0.650. The zero-order valence-corrected chi connectivity index (χ0v) is 15.4. The van der Waals surface area contributed by atoms with Crippen molar-refractivity contribution in [1.29, 1.82) is 0 Å². The molecule has 1 aromatic heterocycles. The van der Waals surface area contributed by atoms with Gasteiger partial charge in [0.25, 0.3) is 9.05 Å². The van der Waals surface area contributed by atoms with E-state index in [0.29, 0.717) is 23.4 Å². The number of carbonyl (C=O) groups is 1. The number of hydrogen-bond donors (Lipinski definition) is 0. The van der Waals surface area contributed by atoms with E-state index in [-0.39, 0.29) is 20.7 Å². The van der Waals surface area contributed by atoms with Crippen molar-refractivity contribution >= 4 is 46.8 Å². The zero-order chi connectivity index (χ0) is 16.9. The molecule has 22 heavy (non-hydrogen) atoms. The third-order valence-electron chi connectivity index (χ3n) is 3.77. The number of halogens is 1. The second-order valence-electron chi connectivity index (χ2n) is 5.16. The molecular weight excluding hydrogens is 370 g/mol. The Bertz CT molecular complexity index is 812. The van der Waals surface area contributed by atoms with Gasteiger partial charge in [-0.1, -0.05) is 0 Å². The van der Waals surface area contributed by atoms with Gasteiger partial charge in [0, 0.05) is 29.7 Å². The molecule has 0 bridgehead atoms. The van der Waals surface area contributed by atoms with Crippen LogP contribution in [0.5, 0.6) is 0 Å². The quantitative estimate of drug-likeness (QED) is 0.744. The fourth-order valence-electron chi connectivity index (χ4n) is 2.65. The maximum Gasteiger partial charge on any atom is 0.270 e. The molecule has 0 N–H and O–H groups in total. The van der Waals surface area contributed by atoms with Crippen LogP contribution in [0.1, 0.15) is 38.8 Å². The Hall–Kier alpha value is -0.640. The van der Waals surface area contributed by atoms with Gasteiger partial charge in [0.05, 0.1) is 11.3 Å². The van der Waals surface area contributed by atoms with Crippen LogP contribution in [0.15, 0.2) is 14.5 Å². The molecule has 0 aromatic carbocycles. The predicted molar refractivity (Wildman–Crippen MR) is 84.4 cm³/mol. The van der Waals surface area contributed by atoms with Crippen LogP contribution in [0, 0.1) is 0 Å². The predicted octanol–water partition coefficient (Wildman–Crippen LogP) is 2.15. The molecule has 0 saturated carbocycles. The molecule has 0 aliphatic carbocycles. The van der Waals surface area contributed by atoms with Crippen molar-refractivity contribution in [3.63, 3.8) is 0 Å². The number of fused-ring (bicyclic) bond motifs is 1. The van der Waals surface area contributed by atoms with Gasteiger partial charge in [-0.15, -0.1) is 11.3 Å². The Labute approximate surface area is 138 Å². The van der Waals surface area contributed by atoms with E-state index in [0.717, 1.165) is 0 Å². The summed E-state index contributed by atoms with van der Waals surface area (Å²) in [5.74, 6) is -0.188. The van der Waals surface area contributed by atoms with Crippen LogP contribution >= 0.6 is 22.0 Å². The molecule has 1 amide bonds. The highest BCUT2D eigenvalue weighted by Crippen LogP contribution is 2.45. The second kappa shape index (κ2) is 5.77. The van der Waals surface area contributed by atoms with Gasteiger partial charge in [-0.3, -0.25) is 4.79 Å². The molecule has 0 radical (unpaired) electrons. The summed E-state index contributed by atoms with van der Waals surface area (Å²) in [6.07, 6.45) is 0.237. The van der Waals surface area contributed by atoms with Crippen LogP contribution in [0.3, 0.4) is 0 Å². The number of nitrogens with zero attached hydrogens (tertiary/aromatic N) is 1. The first-order valence-corrected chi connectivity index (χ1v) is 11.3. The lowest BCUT2D eigenvalue weighted by Crippen LogP contribution is -2.39. The van der Waals surface area contributed by atoms with Crippen molar-refractivity contribution < 1.29 is 21.6 Å². The first-order chi connectivity index (χ1) is 10.00. The molecule has 2 atom stereocenters. The highest BCUT2D eigenvalue weighted by Gasteiger charge is 2.42. The van der Waals surface area contributed by atoms with Crippen LogP contribution in [0.2, 0.25) is 0 Å².